The Morgan fingerprint density at radius 2 is 1.75 bits per heavy atom. The predicted molar refractivity (Wildman–Crippen MR) is 213 cm³/mol. The summed E-state index contributed by atoms with van der Waals surface area (Å²) in [6, 6.07) is 6.86. The molecule has 1 saturated heterocycles. The number of nitrogens with zero attached hydrogens (tertiary/aromatic N) is 3. The van der Waals surface area contributed by atoms with E-state index in [0.717, 1.165) is 24.8 Å². The van der Waals surface area contributed by atoms with Crippen LogP contribution in [0.5, 0.6) is 5.75 Å². The van der Waals surface area contributed by atoms with Crippen molar-refractivity contribution in [1.82, 2.24) is 20.3 Å². The van der Waals surface area contributed by atoms with Crippen molar-refractivity contribution in [1.29, 1.82) is 0 Å². The third kappa shape index (κ3) is 6.56. The first-order valence-electron chi connectivity index (χ1n) is 18.4. The molecule has 0 aliphatic carbocycles. The zero-order chi connectivity index (χ0) is 37.7. The van der Waals surface area contributed by atoms with Gasteiger partial charge in [-0.25, -0.2) is 18.7 Å². The van der Waals surface area contributed by atoms with Crippen molar-refractivity contribution in [2.75, 3.05) is 20.2 Å². The molecule has 2 aliphatic rings. The Labute approximate surface area is 313 Å². The van der Waals surface area contributed by atoms with Crippen molar-refractivity contribution in [3.63, 3.8) is 0 Å². The van der Waals surface area contributed by atoms with E-state index in [1.165, 1.54) is 24.9 Å². The van der Waals surface area contributed by atoms with E-state index in [2.05, 4.69) is 85.2 Å². The summed E-state index contributed by atoms with van der Waals surface area (Å²) in [5.74, 6) is 2.74. The topological polar surface area (TPSA) is 69.2 Å². The lowest BCUT2D eigenvalue weighted by molar-refractivity contribution is 0.0512. The summed E-state index contributed by atoms with van der Waals surface area (Å²) in [5.41, 5.74) is 7.33. The molecule has 2 aliphatic heterocycles. The van der Waals surface area contributed by atoms with E-state index in [1.54, 1.807) is 18.3 Å². The van der Waals surface area contributed by atoms with Crippen LogP contribution in [-0.2, 0) is 4.74 Å². The average molecular weight is 743 g/mol. The van der Waals surface area contributed by atoms with Gasteiger partial charge in [0.2, 0.25) is 0 Å². The van der Waals surface area contributed by atoms with Crippen LogP contribution in [0.1, 0.15) is 92.8 Å². The van der Waals surface area contributed by atoms with E-state index in [4.69, 9.17) is 24.4 Å². The maximum Gasteiger partial charge on any atom is 0.188 e. The van der Waals surface area contributed by atoms with E-state index in [9.17, 15) is 0 Å². The number of rotatable bonds is 9. The van der Waals surface area contributed by atoms with Gasteiger partial charge in [-0.05, 0) is 76.7 Å². The van der Waals surface area contributed by atoms with Crippen LogP contribution in [0.3, 0.4) is 0 Å². The number of thioether (sulfide) groups is 1. The molecule has 2 bridgehead atoms. The van der Waals surface area contributed by atoms with Gasteiger partial charge in [-0.15, -0.1) is 5.54 Å². The molecule has 6 nitrogen and oxygen atoms in total. The zero-order valence-corrected chi connectivity index (χ0v) is 34.2. The lowest BCUT2D eigenvalue weighted by atomic mass is 9.68. The molecule has 6 rings (SSSR count). The molecule has 10 heteroatoms. The quantitative estimate of drug-likeness (QED) is 0.0602. The van der Waals surface area contributed by atoms with Crippen molar-refractivity contribution in [2.45, 2.75) is 115 Å². The van der Waals surface area contributed by atoms with Gasteiger partial charge in [-0.2, -0.15) is 0 Å². The summed E-state index contributed by atoms with van der Waals surface area (Å²) < 4.78 is 44.5. The van der Waals surface area contributed by atoms with E-state index >= 15 is 8.78 Å². The van der Waals surface area contributed by atoms with Gasteiger partial charge in [-0.3, -0.25) is 4.98 Å². The van der Waals surface area contributed by atoms with Crippen LogP contribution in [0.25, 0.3) is 38.5 Å². The fourth-order valence-corrected chi connectivity index (χ4v) is 14.5. The first kappa shape index (κ1) is 38.4. The highest BCUT2D eigenvalue weighted by atomic mass is 32.2. The molecule has 2 atom stereocenters. The number of hydrogen-bond donors (Lipinski definition) is 1. The summed E-state index contributed by atoms with van der Waals surface area (Å²) in [4.78, 5) is 14.5. The molecule has 0 radical (unpaired) electrons. The first-order chi connectivity index (χ1) is 24.6. The van der Waals surface area contributed by atoms with Gasteiger partial charge in [-0.1, -0.05) is 92.1 Å². The summed E-state index contributed by atoms with van der Waals surface area (Å²) in [6.07, 6.45) is 8.70. The second-order valence-electron chi connectivity index (χ2n) is 16.4. The molecular formula is C42H52F2N4O2SSi. The van der Waals surface area contributed by atoms with Crippen LogP contribution in [0.15, 0.2) is 41.7 Å². The van der Waals surface area contributed by atoms with Crippen LogP contribution < -0.4 is 10.1 Å². The number of halogens is 2. The van der Waals surface area contributed by atoms with Crippen LogP contribution in [0, 0.1) is 28.5 Å². The monoisotopic (exact) mass is 742 g/mol. The molecule has 0 unspecified atom stereocenters. The second-order valence-corrected chi connectivity index (χ2v) is 22.8. The average Bonchev–Trinajstić information content (AvgIpc) is 3.41. The maximum absolute atomic E-state index is 17.3. The fraction of sp³-hybridized carbons (Fsp3) is 0.500. The van der Waals surface area contributed by atoms with Gasteiger partial charge in [0.1, 0.15) is 30.9 Å². The standard InChI is InChI=1S/C42H52F2N4O2SSi/c1-24(2)52(25(3)4,26(5)6)17-15-31-34(43)13-12-27-19-30(50-23-49-10)20-32(35(27)31)38-36(44)39-33(22-45-38)37(46-40(47-39)51-11)28-18-29-14-16-42(21-28,48-29)41(7,8)9/h12-13,18-20,22,24-26,29,48H,14,16,21,23H2,1-11H3/t29-,42+/m0/s1. The third-order valence-electron chi connectivity index (χ3n) is 11.7. The molecule has 2 aromatic heterocycles. The smallest absolute Gasteiger partial charge is 0.188 e. The third-order valence-corrected chi connectivity index (χ3v) is 18.6. The number of pyridine rings is 1. The van der Waals surface area contributed by atoms with Crippen molar-refractivity contribution >= 4 is 47.1 Å². The summed E-state index contributed by atoms with van der Waals surface area (Å²) in [6.45, 7) is 20.2. The predicted octanol–water partition coefficient (Wildman–Crippen LogP) is 10.7. The first-order valence-corrected chi connectivity index (χ1v) is 21.8. The van der Waals surface area contributed by atoms with Crippen LogP contribution in [0.4, 0.5) is 8.78 Å². The highest BCUT2D eigenvalue weighted by molar-refractivity contribution is 7.98. The zero-order valence-electron chi connectivity index (χ0n) is 32.4. The number of aromatic nitrogens is 3. The van der Waals surface area contributed by atoms with Crippen LogP contribution in [0.2, 0.25) is 16.6 Å². The van der Waals surface area contributed by atoms with E-state index in [-0.39, 0.29) is 40.6 Å². The summed E-state index contributed by atoms with van der Waals surface area (Å²) in [7, 11) is -0.698. The van der Waals surface area contributed by atoms with Crippen molar-refractivity contribution in [3.05, 3.63) is 59.4 Å². The van der Waals surface area contributed by atoms with Gasteiger partial charge in [0.05, 0.1) is 11.3 Å². The molecule has 276 valence electrons. The molecule has 52 heavy (non-hydrogen) atoms. The van der Waals surface area contributed by atoms with E-state index in [1.807, 2.05) is 12.3 Å². The Morgan fingerprint density at radius 1 is 1.04 bits per heavy atom. The minimum Gasteiger partial charge on any atom is -0.468 e. The number of methoxy groups -OCH3 is 1. The normalized spacial score (nSPS) is 19.2. The minimum atomic E-state index is -2.24. The van der Waals surface area contributed by atoms with Gasteiger partial charge in [0.25, 0.3) is 0 Å². The Kier molecular flexibility index (Phi) is 10.7. The maximum atomic E-state index is 17.3. The number of benzene rings is 2. The molecule has 1 N–H and O–H groups in total. The molecule has 4 heterocycles. The van der Waals surface area contributed by atoms with Gasteiger partial charge < -0.3 is 14.8 Å². The summed E-state index contributed by atoms with van der Waals surface area (Å²) >= 11 is 1.38. The molecule has 0 saturated carbocycles. The number of fused-ring (bicyclic) bond motifs is 4. The summed E-state index contributed by atoms with van der Waals surface area (Å²) in [5, 5.41) is 6.06. The van der Waals surface area contributed by atoms with E-state index in [0.29, 0.717) is 54.9 Å². The van der Waals surface area contributed by atoms with Gasteiger partial charge in [0.15, 0.2) is 17.8 Å². The van der Waals surface area contributed by atoms with Crippen LogP contribution >= 0.6 is 11.8 Å². The molecular weight excluding hydrogens is 691 g/mol. The lowest BCUT2D eigenvalue weighted by Crippen LogP contribution is -2.54. The number of hydrogen-bond acceptors (Lipinski definition) is 7. The SMILES string of the molecule is COCOc1cc(-c2ncc3c(C4=C[C@@H]5CC[C@](C(C)(C)C)(C4)N5)nc(SC)nc3c2F)c2c(C#C[Si](C(C)C)(C(C)C)C(C)C)c(F)ccc2c1. The van der Waals surface area contributed by atoms with E-state index < -0.39 is 19.7 Å². The molecule has 2 aromatic carbocycles. The Hall–Kier alpha value is -3.36. The van der Waals surface area contributed by atoms with Crippen molar-refractivity contribution in [2.24, 2.45) is 5.41 Å². The Morgan fingerprint density at radius 3 is 2.38 bits per heavy atom. The Balaban J connectivity index is 1.61. The number of ether oxygens (including phenoxy) is 2. The molecule has 0 spiro atoms. The van der Waals surface area contributed by atoms with Crippen molar-refractivity contribution in [3.8, 4) is 28.5 Å². The highest BCUT2D eigenvalue weighted by Crippen LogP contribution is 2.49. The Bertz CT molecular complexity index is 2100. The molecule has 1 fully saturated rings. The van der Waals surface area contributed by atoms with Gasteiger partial charge in [0, 0.05) is 41.2 Å². The lowest BCUT2D eigenvalue weighted by Gasteiger charge is -2.45. The second kappa shape index (κ2) is 14.5. The molecule has 0 amide bonds. The molecule has 4 aromatic rings. The minimum absolute atomic E-state index is 0.00753. The fourth-order valence-electron chi connectivity index (χ4n) is 8.91. The number of nitrogens with one attached hydrogen (secondary N) is 1. The van der Waals surface area contributed by atoms with Crippen molar-refractivity contribution < 1.29 is 18.3 Å². The van der Waals surface area contributed by atoms with Gasteiger partial charge >= 0.3 is 0 Å². The largest absolute Gasteiger partial charge is 0.468 e. The highest BCUT2D eigenvalue weighted by Gasteiger charge is 2.49. The van der Waals surface area contributed by atoms with Crippen LogP contribution in [-0.4, -0.2) is 54.8 Å².